The molecule has 14 rings (SSSR count). The van der Waals surface area contributed by atoms with Crippen LogP contribution < -0.4 is 4.74 Å². The van der Waals surface area contributed by atoms with E-state index < -0.39 is 5.41 Å². The fraction of sp³-hybridized carbons (Fsp3) is 0.220. The van der Waals surface area contributed by atoms with Gasteiger partial charge < -0.3 is 9.15 Å². The lowest BCUT2D eigenvalue weighted by Crippen LogP contribution is -2.59. The maximum atomic E-state index is 7.09. The van der Waals surface area contributed by atoms with Gasteiger partial charge >= 0.3 is 0 Å². The van der Waals surface area contributed by atoms with Crippen LogP contribution in [0, 0.1) is 23.2 Å². The maximum absolute atomic E-state index is 7.09. The van der Waals surface area contributed by atoms with Gasteiger partial charge in [0, 0.05) is 32.9 Å². The third-order valence-corrected chi connectivity index (χ3v) is 15.2. The van der Waals surface area contributed by atoms with Crippen LogP contribution in [0.5, 0.6) is 11.5 Å². The number of nitrogens with zero attached hydrogens (tertiary/aromatic N) is 3. The molecule has 55 heavy (non-hydrogen) atoms. The first-order valence-corrected chi connectivity index (χ1v) is 19.9. The fourth-order valence-corrected chi connectivity index (χ4v) is 13.1. The minimum absolute atomic E-state index is 0.0106. The van der Waals surface area contributed by atoms with Crippen LogP contribution in [0.4, 0.5) is 0 Å². The molecule has 5 nitrogen and oxygen atoms in total. The first-order chi connectivity index (χ1) is 27.1. The van der Waals surface area contributed by atoms with Crippen LogP contribution in [-0.2, 0) is 10.8 Å². The molecule has 2 spiro atoms. The summed E-state index contributed by atoms with van der Waals surface area (Å²) < 4.78 is 13.5. The van der Waals surface area contributed by atoms with Gasteiger partial charge in [0.2, 0.25) is 0 Å². The summed E-state index contributed by atoms with van der Waals surface area (Å²) in [6.45, 7) is 0. The summed E-state index contributed by atoms with van der Waals surface area (Å²) in [6.07, 6.45) is 6.38. The molecule has 8 aromatic rings. The Balaban J connectivity index is 1.02. The maximum Gasteiger partial charge on any atom is 0.167 e. The first-order valence-electron chi connectivity index (χ1n) is 19.9. The van der Waals surface area contributed by atoms with Gasteiger partial charge in [-0.2, -0.15) is 0 Å². The average molecular weight is 710 g/mol. The van der Waals surface area contributed by atoms with Crippen LogP contribution in [0.2, 0.25) is 0 Å². The van der Waals surface area contributed by atoms with Crippen LogP contribution in [0.3, 0.4) is 0 Å². The number of hydrogen-bond donors (Lipinski definition) is 0. The number of fused-ring (bicyclic) bond motifs is 13. The molecule has 0 radical (unpaired) electrons. The SMILES string of the molecule is c1ccc2c(c1)Oc1c(-c3nc(-c4ccc5c(c4)oc4ccccc45)nc(C45CC6C[C@@H]7C[C@@H](C4)C67C5)n3)cccc1C21c2ccccc2-c2ccccc21. The van der Waals surface area contributed by atoms with Crippen molar-refractivity contribution in [3.63, 3.8) is 0 Å². The van der Waals surface area contributed by atoms with Gasteiger partial charge in [-0.05, 0) is 108 Å². The zero-order chi connectivity index (χ0) is 35.7. The highest BCUT2D eigenvalue weighted by Crippen LogP contribution is 2.84. The second-order valence-electron chi connectivity index (χ2n) is 17.3. The zero-order valence-corrected chi connectivity index (χ0v) is 30.1. The third-order valence-electron chi connectivity index (χ3n) is 15.2. The van der Waals surface area contributed by atoms with E-state index >= 15 is 0 Å². The summed E-state index contributed by atoms with van der Waals surface area (Å²) >= 11 is 0. The van der Waals surface area contributed by atoms with Crippen molar-refractivity contribution in [2.45, 2.75) is 42.9 Å². The van der Waals surface area contributed by atoms with Gasteiger partial charge in [0.25, 0.3) is 0 Å². The smallest absolute Gasteiger partial charge is 0.167 e. The van der Waals surface area contributed by atoms with Crippen molar-refractivity contribution in [2.24, 2.45) is 23.2 Å². The van der Waals surface area contributed by atoms with Gasteiger partial charge in [-0.3, -0.25) is 0 Å². The molecule has 2 aromatic heterocycles. The van der Waals surface area contributed by atoms with E-state index in [9.17, 15) is 0 Å². The Bertz CT molecular complexity index is 2950. The van der Waals surface area contributed by atoms with Gasteiger partial charge in [-0.1, -0.05) is 103 Å². The Morgan fingerprint density at radius 1 is 0.527 bits per heavy atom. The molecule has 5 aliphatic carbocycles. The zero-order valence-electron chi connectivity index (χ0n) is 30.1. The summed E-state index contributed by atoms with van der Waals surface area (Å²) in [7, 11) is 0. The molecule has 0 saturated heterocycles. The van der Waals surface area contributed by atoms with Crippen molar-refractivity contribution >= 4 is 21.9 Å². The van der Waals surface area contributed by atoms with E-state index in [-0.39, 0.29) is 5.41 Å². The molecule has 0 amide bonds. The Morgan fingerprint density at radius 3 is 1.96 bits per heavy atom. The van der Waals surface area contributed by atoms with Crippen LogP contribution in [0.25, 0.3) is 55.8 Å². The molecule has 0 N–H and O–H groups in total. The number of ether oxygens (including phenoxy) is 1. The number of hydrogen-bond acceptors (Lipinski definition) is 5. The third kappa shape index (κ3) is 3.38. The molecule has 6 aromatic carbocycles. The highest BCUT2D eigenvalue weighted by Gasteiger charge is 2.78. The van der Waals surface area contributed by atoms with Crippen molar-refractivity contribution < 1.29 is 9.15 Å². The predicted molar refractivity (Wildman–Crippen MR) is 213 cm³/mol. The topological polar surface area (TPSA) is 61.0 Å². The second-order valence-corrected chi connectivity index (χ2v) is 17.3. The van der Waals surface area contributed by atoms with E-state index in [1.165, 1.54) is 54.4 Å². The van der Waals surface area contributed by atoms with E-state index in [0.29, 0.717) is 17.1 Å². The molecule has 5 atom stereocenters. The minimum Gasteiger partial charge on any atom is -0.456 e. The normalized spacial score (nSPS) is 26.4. The molecule has 5 heteroatoms. The number of benzene rings is 6. The van der Waals surface area contributed by atoms with Crippen LogP contribution in [-0.4, -0.2) is 15.0 Å². The molecule has 262 valence electrons. The minimum atomic E-state index is -0.555. The Morgan fingerprint density at radius 2 is 1.18 bits per heavy atom. The fourth-order valence-electron chi connectivity index (χ4n) is 13.1. The van der Waals surface area contributed by atoms with E-state index in [4.69, 9.17) is 24.1 Å². The van der Waals surface area contributed by atoms with Crippen molar-refractivity contribution in [3.05, 3.63) is 162 Å². The molecular weight excluding hydrogens is 675 g/mol. The standard InChI is InChI=1S/C50H35N3O2/c1-4-14-37-32(10-1)33-11-2-5-15-38(33)50(37)39-16-6-8-19-42(39)55-44-36(13-9-17-40(44)50)46-51-45(28-20-21-35-34-12-3-7-18-41(34)54-43(35)22-28)52-47(53-46)48-25-30-23-29-24-31(26-48)49(29,30)27-48/h1-22,29-31H,23-27H2/t29-,30-,31?,48?,49?/m0/s1. The van der Waals surface area contributed by atoms with Crippen LogP contribution >= 0.6 is 0 Å². The van der Waals surface area contributed by atoms with Crippen molar-refractivity contribution in [1.82, 2.24) is 15.0 Å². The lowest BCUT2D eigenvalue weighted by atomic mass is 9.38. The van der Waals surface area contributed by atoms with Crippen LogP contribution in [0.1, 0.15) is 60.2 Å². The van der Waals surface area contributed by atoms with Gasteiger partial charge in [-0.15, -0.1) is 0 Å². The summed E-state index contributed by atoms with van der Waals surface area (Å²) in [4.78, 5) is 16.4. The Hall–Kier alpha value is -6.07. The number of rotatable bonds is 3. The molecular formula is C50H35N3O2. The van der Waals surface area contributed by atoms with E-state index in [2.05, 4.69) is 121 Å². The van der Waals surface area contributed by atoms with Gasteiger partial charge in [0.05, 0.1) is 11.0 Å². The lowest BCUT2D eigenvalue weighted by molar-refractivity contribution is -0.175. The molecule has 4 saturated carbocycles. The molecule has 3 unspecified atom stereocenters. The van der Waals surface area contributed by atoms with Crippen molar-refractivity contribution in [1.29, 1.82) is 0 Å². The summed E-state index contributed by atoms with van der Waals surface area (Å²) in [5, 5.41) is 2.22. The first kappa shape index (κ1) is 29.3. The molecule has 1 aliphatic heterocycles. The Kier molecular flexibility index (Phi) is 5.21. The highest BCUT2D eigenvalue weighted by molar-refractivity contribution is 6.05. The number of furan rings is 1. The highest BCUT2D eigenvalue weighted by atomic mass is 16.5. The van der Waals surface area contributed by atoms with Gasteiger partial charge in [-0.25, -0.2) is 15.0 Å². The molecule has 2 bridgehead atoms. The van der Waals surface area contributed by atoms with Crippen molar-refractivity contribution in [3.8, 4) is 45.4 Å². The summed E-state index contributed by atoms with van der Waals surface area (Å²) in [5.74, 6) is 6.56. The predicted octanol–water partition coefficient (Wildman–Crippen LogP) is 11.7. The number of aromatic nitrogens is 3. The molecule has 3 heterocycles. The average Bonchev–Trinajstić information content (AvgIpc) is 3.94. The van der Waals surface area contributed by atoms with Crippen LogP contribution in [0.15, 0.2) is 138 Å². The monoisotopic (exact) mass is 709 g/mol. The largest absolute Gasteiger partial charge is 0.456 e. The van der Waals surface area contributed by atoms with Crippen molar-refractivity contribution in [2.75, 3.05) is 0 Å². The van der Waals surface area contributed by atoms with E-state index in [1.54, 1.807) is 0 Å². The van der Waals surface area contributed by atoms with Gasteiger partial charge in [0.15, 0.2) is 11.6 Å². The summed E-state index contributed by atoms with van der Waals surface area (Å²) in [5.41, 5.74) is 10.9. The Labute approximate surface area is 318 Å². The van der Waals surface area contributed by atoms with E-state index in [0.717, 1.165) is 79.3 Å². The number of para-hydroxylation sites is 3. The van der Waals surface area contributed by atoms with E-state index in [1.807, 2.05) is 12.1 Å². The summed E-state index contributed by atoms with van der Waals surface area (Å²) in [6, 6.07) is 47.6. The second kappa shape index (κ2) is 9.77. The molecule has 4 fully saturated rings. The quantitative estimate of drug-likeness (QED) is 0.183. The molecule has 6 aliphatic rings. The van der Waals surface area contributed by atoms with Gasteiger partial charge in [0.1, 0.15) is 28.5 Å². The lowest BCUT2D eigenvalue weighted by Gasteiger charge is -2.66.